The quantitative estimate of drug-likeness (QED) is 0.451. The highest BCUT2D eigenvalue weighted by molar-refractivity contribution is 5.79. The number of nitrogens with zero attached hydrogens (tertiary/aromatic N) is 7. The predicted octanol–water partition coefficient (Wildman–Crippen LogP) is 3.85. The van der Waals surface area contributed by atoms with Gasteiger partial charge in [0, 0.05) is 23.3 Å². The lowest BCUT2D eigenvalue weighted by atomic mass is 10.1. The maximum Gasteiger partial charge on any atom is 0.408 e. The van der Waals surface area contributed by atoms with Crippen LogP contribution in [0.4, 0.5) is 13.2 Å². The van der Waals surface area contributed by atoms with Crippen LogP contribution in [0.2, 0.25) is 0 Å². The first-order valence-corrected chi connectivity index (χ1v) is 9.08. The molecule has 4 heterocycles. The minimum Gasteiger partial charge on any atom is -0.263 e. The first kappa shape index (κ1) is 18.2. The van der Waals surface area contributed by atoms with Gasteiger partial charge in [0.1, 0.15) is 12.1 Å². The molecule has 150 valence electrons. The lowest BCUT2D eigenvalue weighted by Crippen LogP contribution is -2.17. The van der Waals surface area contributed by atoms with Crippen molar-refractivity contribution in [1.29, 1.82) is 0 Å². The highest BCUT2D eigenvalue weighted by Crippen LogP contribution is 2.23. The summed E-state index contributed by atoms with van der Waals surface area (Å²) >= 11 is 0. The van der Waals surface area contributed by atoms with Gasteiger partial charge in [0.25, 0.3) is 0 Å². The molecule has 4 aromatic heterocycles. The molecule has 5 aromatic rings. The summed E-state index contributed by atoms with van der Waals surface area (Å²) in [6.07, 6.45) is 0.102. The molecule has 30 heavy (non-hydrogen) atoms. The van der Waals surface area contributed by atoms with Crippen molar-refractivity contribution < 1.29 is 13.2 Å². The molecule has 7 nitrogen and oxygen atoms in total. The third-order valence-corrected chi connectivity index (χ3v) is 4.63. The molecular weight excluding hydrogens is 395 g/mol. The average Bonchev–Trinajstić information content (AvgIpc) is 3.33. The van der Waals surface area contributed by atoms with Crippen LogP contribution in [0.15, 0.2) is 61.1 Å². The Morgan fingerprint density at radius 2 is 1.87 bits per heavy atom. The van der Waals surface area contributed by atoms with E-state index in [-0.39, 0.29) is 0 Å². The van der Waals surface area contributed by atoms with Crippen molar-refractivity contribution in [1.82, 2.24) is 34.7 Å². The van der Waals surface area contributed by atoms with Crippen LogP contribution in [0.1, 0.15) is 5.56 Å². The Hall–Kier alpha value is -3.82. The fourth-order valence-corrected chi connectivity index (χ4v) is 3.28. The molecule has 0 spiro atoms. The molecule has 0 fully saturated rings. The number of rotatable bonds is 4. The number of alkyl halides is 3. The van der Waals surface area contributed by atoms with Crippen molar-refractivity contribution in [3.8, 4) is 11.3 Å². The summed E-state index contributed by atoms with van der Waals surface area (Å²) in [5.74, 6) is 0. The minimum absolute atomic E-state index is 0.450. The van der Waals surface area contributed by atoms with Gasteiger partial charge in [-0.25, -0.2) is 9.67 Å². The topological polar surface area (TPSA) is 74.3 Å². The molecule has 0 bridgehead atoms. The van der Waals surface area contributed by atoms with E-state index in [0.717, 1.165) is 21.1 Å². The molecule has 5 rings (SSSR count). The number of benzene rings is 1. The Bertz CT molecular complexity index is 1350. The number of pyridine rings is 2. The molecule has 0 unspecified atom stereocenters. The standard InChI is InChI=1S/C20H14F3N7/c21-20(22,23)12-29-11-15(9-25-29)17-5-6-18-19(26-17)30(28-27-18)10-13-3-4-16-14(8-13)2-1-7-24-16/h1-9,11H,10,12H2. The van der Waals surface area contributed by atoms with Gasteiger partial charge in [-0.2, -0.15) is 18.3 Å². The van der Waals surface area contributed by atoms with Crippen LogP contribution in [0.5, 0.6) is 0 Å². The van der Waals surface area contributed by atoms with Crippen LogP contribution in [-0.4, -0.2) is 40.9 Å². The predicted molar refractivity (Wildman–Crippen MR) is 103 cm³/mol. The van der Waals surface area contributed by atoms with Crippen molar-refractivity contribution in [2.45, 2.75) is 19.3 Å². The number of halogens is 3. The van der Waals surface area contributed by atoms with E-state index in [0.29, 0.717) is 29.0 Å². The smallest absolute Gasteiger partial charge is 0.263 e. The first-order valence-electron chi connectivity index (χ1n) is 9.08. The van der Waals surface area contributed by atoms with E-state index in [1.807, 2.05) is 30.3 Å². The van der Waals surface area contributed by atoms with E-state index in [9.17, 15) is 13.2 Å². The van der Waals surface area contributed by atoms with Gasteiger partial charge < -0.3 is 0 Å². The van der Waals surface area contributed by atoms with Crippen LogP contribution in [0, 0.1) is 0 Å². The third-order valence-electron chi connectivity index (χ3n) is 4.63. The largest absolute Gasteiger partial charge is 0.408 e. The minimum atomic E-state index is -4.33. The van der Waals surface area contributed by atoms with Crippen molar-refractivity contribution in [2.75, 3.05) is 0 Å². The Labute approximate surface area is 167 Å². The summed E-state index contributed by atoms with van der Waals surface area (Å²) in [6, 6.07) is 13.2. The molecule has 0 radical (unpaired) electrons. The van der Waals surface area contributed by atoms with Crippen LogP contribution < -0.4 is 0 Å². The van der Waals surface area contributed by atoms with Gasteiger partial charge in [-0.15, -0.1) is 5.10 Å². The van der Waals surface area contributed by atoms with Gasteiger partial charge in [-0.1, -0.05) is 17.3 Å². The molecule has 0 aliphatic heterocycles. The van der Waals surface area contributed by atoms with Gasteiger partial charge in [-0.3, -0.25) is 9.67 Å². The van der Waals surface area contributed by atoms with Crippen molar-refractivity contribution in [3.63, 3.8) is 0 Å². The summed E-state index contributed by atoms with van der Waals surface area (Å²) in [5.41, 5.74) is 4.05. The number of hydrogen-bond donors (Lipinski definition) is 0. The van der Waals surface area contributed by atoms with Crippen molar-refractivity contribution in [3.05, 3.63) is 66.6 Å². The van der Waals surface area contributed by atoms with Crippen molar-refractivity contribution >= 4 is 22.1 Å². The fourth-order valence-electron chi connectivity index (χ4n) is 3.28. The second-order valence-electron chi connectivity index (χ2n) is 6.86. The van der Waals surface area contributed by atoms with E-state index in [1.165, 1.54) is 12.4 Å². The molecule has 0 aliphatic rings. The maximum atomic E-state index is 12.6. The average molecular weight is 409 g/mol. The number of aromatic nitrogens is 7. The summed E-state index contributed by atoms with van der Waals surface area (Å²) in [5, 5.41) is 13.1. The zero-order valence-electron chi connectivity index (χ0n) is 15.5. The molecule has 0 saturated heterocycles. The first-order chi connectivity index (χ1) is 14.4. The van der Waals surface area contributed by atoms with Crippen LogP contribution >= 0.6 is 0 Å². The Morgan fingerprint density at radius 1 is 1.00 bits per heavy atom. The van der Waals surface area contributed by atoms with Crippen LogP contribution in [0.3, 0.4) is 0 Å². The van der Waals surface area contributed by atoms with E-state index in [2.05, 4.69) is 25.4 Å². The molecule has 10 heteroatoms. The molecular formula is C20H14F3N7. The Morgan fingerprint density at radius 3 is 2.73 bits per heavy atom. The highest BCUT2D eigenvalue weighted by atomic mass is 19.4. The monoisotopic (exact) mass is 409 g/mol. The molecule has 0 aliphatic carbocycles. The van der Waals surface area contributed by atoms with E-state index in [4.69, 9.17) is 0 Å². The van der Waals surface area contributed by atoms with Crippen LogP contribution in [0.25, 0.3) is 33.3 Å². The number of hydrogen-bond acceptors (Lipinski definition) is 5. The lowest BCUT2D eigenvalue weighted by Gasteiger charge is -2.05. The van der Waals surface area contributed by atoms with E-state index >= 15 is 0 Å². The van der Waals surface area contributed by atoms with Gasteiger partial charge in [0.05, 0.1) is 24.0 Å². The summed E-state index contributed by atoms with van der Waals surface area (Å²) in [6.45, 7) is -0.698. The third kappa shape index (κ3) is 3.59. The lowest BCUT2D eigenvalue weighted by molar-refractivity contribution is -0.142. The van der Waals surface area contributed by atoms with Crippen LogP contribution in [-0.2, 0) is 13.1 Å². The summed E-state index contributed by atoms with van der Waals surface area (Å²) < 4.78 is 40.2. The summed E-state index contributed by atoms with van der Waals surface area (Å²) in [4.78, 5) is 8.88. The Balaban J connectivity index is 1.47. The number of fused-ring (bicyclic) bond motifs is 2. The molecule has 0 amide bonds. The molecule has 0 atom stereocenters. The van der Waals surface area contributed by atoms with E-state index < -0.39 is 12.7 Å². The fraction of sp³-hybridized carbons (Fsp3) is 0.150. The SMILES string of the molecule is FC(F)(F)Cn1cc(-c2ccc3nnn(Cc4ccc5ncccc5c4)c3n2)cn1. The van der Waals surface area contributed by atoms with Gasteiger partial charge in [-0.05, 0) is 35.9 Å². The normalized spacial score (nSPS) is 12.1. The zero-order valence-corrected chi connectivity index (χ0v) is 15.5. The zero-order chi connectivity index (χ0) is 20.7. The summed E-state index contributed by atoms with van der Waals surface area (Å²) in [7, 11) is 0. The van der Waals surface area contributed by atoms with Gasteiger partial charge >= 0.3 is 6.18 Å². The Kier molecular flexibility index (Phi) is 4.19. The van der Waals surface area contributed by atoms with E-state index in [1.54, 1.807) is 23.0 Å². The van der Waals surface area contributed by atoms with Gasteiger partial charge in [0.15, 0.2) is 5.65 Å². The molecule has 0 saturated carbocycles. The van der Waals surface area contributed by atoms with Gasteiger partial charge in [0.2, 0.25) is 0 Å². The highest BCUT2D eigenvalue weighted by Gasteiger charge is 2.28. The van der Waals surface area contributed by atoms with Crippen molar-refractivity contribution in [2.24, 2.45) is 0 Å². The molecule has 0 N–H and O–H groups in total. The second kappa shape index (κ2) is 6.90. The second-order valence-corrected chi connectivity index (χ2v) is 6.86. The molecule has 1 aromatic carbocycles. The maximum absolute atomic E-state index is 12.6.